The van der Waals surface area contributed by atoms with Gasteiger partial charge in [-0.2, -0.15) is 0 Å². The Balaban J connectivity index is 1.36. The van der Waals surface area contributed by atoms with E-state index in [4.69, 9.17) is 4.42 Å². The van der Waals surface area contributed by atoms with Gasteiger partial charge in [-0.15, -0.1) is 0 Å². The van der Waals surface area contributed by atoms with Crippen molar-refractivity contribution >= 4 is 22.0 Å². The molecule has 6 rings (SSSR count). The molecule has 164 valence electrons. The molecule has 0 amide bonds. The second-order valence-electron chi connectivity index (χ2n) is 8.77. The van der Waals surface area contributed by atoms with Gasteiger partial charge in [-0.05, 0) is 31.0 Å². The third kappa shape index (κ3) is 3.19. The molecule has 7 nitrogen and oxygen atoms in total. The Morgan fingerprint density at radius 1 is 1.19 bits per heavy atom. The summed E-state index contributed by atoms with van der Waals surface area (Å²) >= 11 is 0. The quantitative estimate of drug-likeness (QED) is 0.521. The largest absolute Gasteiger partial charge is 0.441 e. The van der Waals surface area contributed by atoms with Crippen LogP contribution in [0.5, 0.6) is 0 Å². The summed E-state index contributed by atoms with van der Waals surface area (Å²) in [6.45, 7) is 2.97. The minimum atomic E-state index is -1.66. The van der Waals surface area contributed by atoms with Gasteiger partial charge in [-0.25, -0.2) is 18.7 Å². The van der Waals surface area contributed by atoms with Crippen LogP contribution in [-0.4, -0.2) is 44.0 Å². The summed E-state index contributed by atoms with van der Waals surface area (Å²) in [5.74, 6) is -0.112. The van der Waals surface area contributed by atoms with Crippen molar-refractivity contribution in [3.63, 3.8) is 0 Å². The second kappa shape index (κ2) is 6.90. The van der Waals surface area contributed by atoms with Crippen molar-refractivity contribution < 1.29 is 13.2 Å². The molecule has 2 fully saturated rings. The predicted octanol–water partition coefficient (Wildman–Crippen LogP) is 4.00. The van der Waals surface area contributed by atoms with Crippen LogP contribution in [0, 0.1) is 12.7 Å². The van der Waals surface area contributed by atoms with Crippen LogP contribution in [0.3, 0.4) is 0 Å². The number of piperidine rings is 1. The van der Waals surface area contributed by atoms with Crippen LogP contribution in [0.25, 0.3) is 33.3 Å². The first kappa shape index (κ1) is 19.5. The Morgan fingerprint density at radius 3 is 2.72 bits per heavy atom. The molecule has 9 heteroatoms. The number of fused-ring (bicyclic) bond motifs is 2. The number of rotatable bonds is 3. The van der Waals surface area contributed by atoms with Gasteiger partial charge in [-0.1, -0.05) is 0 Å². The van der Waals surface area contributed by atoms with E-state index in [0.717, 1.165) is 0 Å². The lowest BCUT2D eigenvalue weighted by Gasteiger charge is -2.35. The monoisotopic (exact) mass is 437 g/mol. The number of nitrogens with one attached hydrogen (secondary N) is 1. The average Bonchev–Trinajstić information content (AvgIpc) is 3.55. The third-order valence-electron chi connectivity index (χ3n) is 6.52. The van der Waals surface area contributed by atoms with Gasteiger partial charge in [0, 0.05) is 44.5 Å². The maximum absolute atomic E-state index is 15.7. The standard InChI is InChI=1S/C23H21F2N5O2/c1-12-27-20-16(24)8-13(9-19(20)32-12)17-10-15-18(11-26-17)28-22(29-21(15)31)23(25)4-6-30(7-5-23)14-2-3-14/h8-11,14H,2-7H2,1H3,(H,28,29,31). The van der Waals surface area contributed by atoms with E-state index >= 15 is 4.39 Å². The fourth-order valence-corrected chi connectivity index (χ4v) is 4.58. The van der Waals surface area contributed by atoms with Crippen molar-refractivity contribution in [3.8, 4) is 11.3 Å². The fourth-order valence-electron chi connectivity index (χ4n) is 4.58. The molecule has 1 saturated heterocycles. The number of alkyl halides is 1. The molecule has 0 unspecified atom stereocenters. The Bertz CT molecular complexity index is 1420. The average molecular weight is 437 g/mol. The van der Waals surface area contributed by atoms with E-state index in [9.17, 15) is 9.18 Å². The first-order valence-corrected chi connectivity index (χ1v) is 10.8. The molecule has 0 radical (unpaired) electrons. The zero-order valence-corrected chi connectivity index (χ0v) is 17.5. The highest BCUT2D eigenvalue weighted by Crippen LogP contribution is 2.39. The predicted molar refractivity (Wildman–Crippen MR) is 114 cm³/mol. The first-order valence-electron chi connectivity index (χ1n) is 10.8. The van der Waals surface area contributed by atoms with Crippen molar-refractivity contribution in [1.29, 1.82) is 0 Å². The molecule has 1 aromatic carbocycles. The molecule has 4 aromatic rings. The van der Waals surface area contributed by atoms with Crippen LogP contribution in [-0.2, 0) is 5.67 Å². The molecular weight excluding hydrogens is 416 g/mol. The molecule has 3 aromatic heterocycles. The molecule has 1 saturated carbocycles. The van der Waals surface area contributed by atoms with Crippen molar-refractivity contribution in [1.82, 2.24) is 24.8 Å². The highest BCUT2D eigenvalue weighted by Gasteiger charge is 2.42. The van der Waals surface area contributed by atoms with E-state index < -0.39 is 17.0 Å². The van der Waals surface area contributed by atoms with Crippen LogP contribution in [0.2, 0.25) is 0 Å². The van der Waals surface area contributed by atoms with E-state index in [-0.39, 0.29) is 16.7 Å². The number of aromatic amines is 1. The zero-order valence-electron chi connectivity index (χ0n) is 17.5. The van der Waals surface area contributed by atoms with Crippen LogP contribution in [0.15, 0.2) is 33.6 Å². The van der Waals surface area contributed by atoms with Crippen molar-refractivity contribution in [3.05, 3.63) is 52.3 Å². The Morgan fingerprint density at radius 2 is 1.97 bits per heavy atom. The molecule has 2 aliphatic rings. The van der Waals surface area contributed by atoms with Crippen molar-refractivity contribution in [2.75, 3.05) is 13.1 Å². The van der Waals surface area contributed by atoms with Crippen molar-refractivity contribution in [2.24, 2.45) is 0 Å². The summed E-state index contributed by atoms with van der Waals surface area (Å²) in [5.41, 5.74) is -0.490. The van der Waals surface area contributed by atoms with E-state index in [2.05, 4.69) is 24.8 Å². The first-order chi connectivity index (χ1) is 15.4. The molecule has 1 aliphatic heterocycles. The molecule has 32 heavy (non-hydrogen) atoms. The molecule has 4 heterocycles. The van der Waals surface area contributed by atoms with Gasteiger partial charge in [0.25, 0.3) is 5.56 Å². The van der Waals surface area contributed by atoms with Crippen LogP contribution >= 0.6 is 0 Å². The third-order valence-corrected chi connectivity index (χ3v) is 6.52. The number of H-pyrrole nitrogens is 1. The van der Waals surface area contributed by atoms with E-state index in [1.54, 1.807) is 13.0 Å². The van der Waals surface area contributed by atoms with E-state index in [1.807, 2.05) is 0 Å². The maximum atomic E-state index is 15.7. The molecule has 0 bridgehead atoms. The number of benzene rings is 1. The summed E-state index contributed by atoms with van der Waals surface area (Å²) < 4.78 is 35.6. The van der Waals surface area contributed by atoms with Gasteiger partial charge in [0.05, 0.1) is 22.8 Å². The normalized spacial score (nSPS) is 19.1. The summed E-state index contributed by atoms with van der Waals surface area (Å²) in [6.07, 6.45) is 4.41. The number of pyridine rings is 1. The molecule has 0 spiro atoms. The Hall–Kier alpha value is -3.20. The molecular formula is C23H21F2N5O2. The lowest BCUT2D eigenvalue weighted by molar-refractivity contribution is 0.0451. The molecule has 1 N–H and O–H groups in total. The summed E-state index contributed by atoms with van der Waals surface area (Å²) in [5, 5.41) is 0.270. The number of hydrogen-bond acceptors (Lipinski definition) is 6. The molecule has 1 aliphatic carbocycles. The Kier molecular flexibility index (Phi) is 4.20. The van der Waals surface area contributed by atoms with Gasteiger partial charge < -0.3 is 14.3 Å². The fraction of sp³-hybridized carbons (Fsp3) is 0.391. The number of likely N-dealkylation sites (tertiary alicyclic amines) is 1. The zero-order chi connectivity index (χ0) is 22.0. The maximum Gasteiger partial charge on any atom is 0.258 e. The van der Waals surface area contributed by atoms with Crippen LogP contribution < -0.4 is 5.56 Å². The van der Waals surface area contributed by atoms with Gasteiger partial charge in [0.15, 0.2) is 23.0 Å². The number of nitrogens with zero attached hydrogens (tertiary/aromatic N) is 4. The second-order valence-corrected chi connectivity index (χ2v) is 8.77. The summed E-state index contributed by atoms with van der Waals surface area (Å²) in [4.78, 5) is 30.6. The number of hydrogen-bond donors (Lipinski definition) is 1. The van der Waals surface area contributed by atoms with Crippen molar-refractivity contribution in [2.45, 2.75) is 44.3 Å². The number of halogens is 2. The number of aryl methyl sites for hydroxylation is 1. The van der Waals surface area contributed by atoms with Gasteiger partial charge >= 0.3 is 0 Å². The molecule has 0 atom stereocenters. The Labute approximate surface area is 181 Å². The summed E-state index contributed by atoms with van der Waals surface area (Å²) in [6, 6.07) is 5.07. The highest BCUT2D eigenvalue weighted by molar-refractivity contribution is 5.84. The number of aromatic nitrogens is 4. The summed E-state index contributed by atoms with van der Waals surface area (Å²) in [7, 11) is 0. The van der Waals surface area contributed by atoms with E-state index in [1.165, 1.54) is 31.2 Å². The van der Waals surface area contributed by atoms with Crippen LogP contribution in [0.1, 0.15) is 37.4 Å². The minimum absolute atomic E-state index is 0.0598. The highest BCUT2D eigenvalue weighted by atomic mass is 19.1. The van der Waals surface area contributed by atoms with E-state index in [0.29, 0.717) is 60.2 Å². The minimum Gasteiger partial charge on any atom is -0.441 e. The SMILES string of the molecule is Cc1nc2c(F)cc(-c3cc4c(=O)[nH]c(C5(F)CCN(C6CC6)CC5)nc4cn3)cc2o1. The number of oxazole rings is 1. The van der Waals surface area contributed by atoms with Gasteiger partial charge in [-0.3, -0.25) is 9.78 Å². The van der Waals surface area contributed by atoms with Crippen LogP contribution in [0.4, 0.5) is 8.78 Å². The lowest BCUT2D eigenvalue weighted by atomic mass is 9.92. The topological polar surface area (TPSA) is 87.9 Å². The smallest absolute Gasteiger partial charge is 0.258 e. The lowest BCUT2D eigenvalue weighted by Crippen LogP contribution is -2.42. The van der Waals surface area contributed by atoms with Gasteiger partial charge in [0.1, 0.15) is 11.3 Å². The van der Waals surface area contributed by atoms with Gasteiger partial charge in [0.2, 0.25) is 0 Å².